The number of rotatable bonds is 6. The molecular formula is C11H15ClFNO3S. The van der Waals surface area contributed by atoms with E-state index in [4.69, 9.17) is 16.7 Å². The van der Waals surface area contributed by atoms with E-state index < -0.39 is 26.8 Å². The molecule has 1 aromatic carbocycles. The number of hydrogen-bond donors (Lipinski definition) is 2. The van der Waals surface area contributed by atoms with E-state index in [0.717, 1.165) is 12.1 Å². The van der Waals surface area contributed by atoms with Crippen molar-refractivity contribution in [3.8, 4) is 0 Å². The summed E-state index contributed by atoms with van der Waals surface area (Å²) in [7, 11) is -3.87. The fraction of sp³-hybridized carbons (Fsp3) is 0.455. The van der Waals surface area contributed by atoms with Crippen molar-refractivity contribution in [3.05, 3.63) is 29.0 Å². The molecule has 1 aromatic rings. The minimum Gasteiger partial charge on any atom is -0.393 e. The molecule has 0 radical (unpaired) electrons. The van der Waals surface area contributed by atoms with Gasteiger partial charge >= 0.3 is 0 Å². The molecule has 102 valence electrons. The maximum absolute atomic E-state index is 13.4. The largest absolute Gasteiger partial charge is 0.393 e. The van der Waals surface area contributed by atoms with E-state index in [-0.39, 0.29) is 11.6 Å². The summed E-state index contributed by atoms with van der Waals surface area (Å²) in [6.07, 6.45) is 0.472. The summed E-state index contributed by atoms with van der Waals surface area (Å²) >= 11 is 5.55. The van der Waals surface area contributed by atoms with Crippen molar-refractivity contribution in [2.75, 3.05) is 6.54 Å². The van der Waals surface area contributed by atoms with Gasteiger partial charge in [0, 0.05) is 11.6 Å². The minimum atomic E-state index is -3.87. The lowest BCUT2D eigenvalue weighted by Gasteiger charge is -2.08. The Morgan fingerprint density at radius 1 is 1.50 bits per heavy atom. The van der Waals surface area contributed by atoms with Crippen LogP contribution in [0.3, 0.4) is 0 Å². The van der Waals surface area contributed by atoms with E-state index in [1.165, 1.54) is 6.07 Å². The Hall–Kier alpha value is -0.690. The molecule has 0 fully saturated rings. The van der Waals surface area contributed by atoms with Crippen LogP contribution in [0.25, 0.3) is 0 Å². The van der Waals surface area contributed by atoms with Crippen LogP contribution in [0.2, 0.25) is 5.02 Å². The first-order valence-electron chi connectivity index (χ1n) is 5.45. The van der Waals surface area contributed by atoms with Crippen molar-refractivity contribution < 1.29 is 17.9 Å². The van der Waals surface area contributed by atoms with Crippen LogP contribution >= 0.6 is 11.6 Å². The van der Waals surface area contributed by atoms with Crippen molar-refractivity contribution in [2.45, 2.75) is 30.8 Å². The first-order chi connectivity index (χ1) is 8.33. The van der Waals surface area contributed by atoms with Gasteiger partial charge in [-0.1, -0.05) is 11.6 Å². The van der Waals surface area contributed by atoms with Crippen LogP contribution in [0.4, 0.5) is 4.39 Å². The molecule has 4 nitrogen and oxygen atoms in total. The molecule has 0 saturated carbocycles. The van der Waals surface area contributed by atoms with Crippen LogP contribution in [0.15, 0.2) is 23.1 Å². The lowest BCUT2D eigenvalue weighted by Crippen LogP contribution is -2.26. The van der Waals surface area contributed by atoms with Gasteiger partial charge in [0.25, 0.3) is 0 Å². The average molecular weight is 296 g/mol. The molecule has 0 amide bonds. The highest BCUT2D eigenvalue weighted by Crippen LogP contribution is 2.18. The Bertz CT molecular complexity index is 505. The van der Waals surface area contributed by atoms with Gasteiger partial charge in [-0.2, -0.15) is 0 Å². The predicted molar refractivity (Wildman–Crippen MR) is 67.5 cm³/mol. The van der Waals surface area contributed by atoms with E-state index >= 15 is 0 Å². The highest BCUT2D eigenvalue weighted by atomic mass is 35.5. The van der Waals surface area contributed by atoms with Gasteiger partial charge in [0.2, 0.25) is 10.0 Å². The molecule has 1 rings (SSSR count). The van der Waals surface area contributed by atoms with Crippen LogP contribution in [0.5, 0.6) is 0 Å². The summed E-state index contributed by atoms with van der Waals surface area (Å²) in [5, 5.41) is 9.16. The molecule has 0 aromatic heterocycles. The zero-order valence-corrected chi connectivity index (χ0v) is 11.4. The maximum Gasteiger partial charge on any atom is 0.243 e. The van der Waals surface area contributed by atoms with Crippen LogP contribution < -0.4 is 4.72 Å². The van der Waals surface area contributed by atoms with E-state index in [9.17, 15) is 12.8 Å². The molecule has 0 saturated heterocycles. The lowest BCUT2D eigenvalue weighted by molar-refractivity contribution is 0.182. The molecule has 0 aliphatic carbocycles. The Balaban J connectivity index is 2.69. The van der Waals surface area contributed by atoms with Crippen molar-refractivity contribution >= 4 is 21.6 Å². The van der Waals surface area contributed by atoms with Gasteiger partial charge in [0.1, 0.15) is 10.7 Å². The first-order valence-corrected chi connectivity index (χ1v) is 7.32. The van der Waals surface area contributed by atoms with E-state index in [1.807, 2.05) is 0 Å². The molecule has 7 heteroatoms. The molecule has 0 heterocycles. The van der Waals surface area contributed by atoms with Gasteiger partial charge in [-0.25, -0.2) is 17.5 Å². The number of aliphatic hydroxyl groups is 1. The van der Waals surface area contributed by atoms with Crippen LogP contribution in [-0.4, -0.2) is 26.2 Å². The molecule has 1 atom stereocenters. The summed E-state index contributed by atoms with van der Waals surface area (Å²) in [5.41, 5.74) is 0. The number of nitrogens with one attached hydrogen (secondary N) is 1. The van der Waals surface area contributed by atoms with Crippen molar-refractivity contribution in [1.29, 1.82) is 0 Å². The molecule has 1 unspecified atom stereocenters. The van der Waals surface area contributed by atoms with Gasteiger partial charge in [-0.05, 0) is 38.0 Å². The number of sulfonamides is 1. The van der Waals surface area contributed by atoms with Gasteiger partial charge < -0.3 is 5.11 Å². The topological polar surface area (TPSA) is 66.4 Å². The van der Waals surface area contributed by atoms with Crippen molar-refractivity contribution in [1.82, 2.24) is 4.72 Å². The smallest absolute Gasteiger partial charge is 0.243 e. The predicted octanol–water partition coefficient (Wildman–Crippen LogP) is 1.92. The summed E-state index contributed by atoms with van der Waals surface area (Å²) < 4.78 is 39.2. The molecule has 2 N–H and O–H groups in total. The van der Waals surface area contributed by atoms with E-state index in [2.05, 4.69) is 4.72 Å². The zero-order chi connectivity index (χ0) is 13.8. The second-order valence-corrected chi connectivity index (χ2v) is 6.14. The first kappa shape index (κ1) is 15.4. The second-order valence-electron chi connectivity index (χ2n) is 3.96. The normalized spacial score (nSPS) is 13.6. The third kappa shape index (κ3) is 4.53. The standard InChI is InChI=1S/C11H15ClFNO3S/c1-8(15)3-2-6-14-18(16,17)11-5-4-9(12)7-10(11)13/h4-5,7-8,14-15H,2-3,6H2,1H3. The quantitative estimate of drug-likeness (QED) is 0.788. The van der Waals surface area contributed by atoms with E-state index in [1.54, 1.807) is 6.92 Å². The third-order valence-electron chi connectivity index (χ3n) is 2.27. The van der Waals surface area contributed by atoms with Crippen molar-refractivity contribution in [2.24, 2.45) is 0 Å². The van der Waals surface area contributed by atoms with Gasteiger partial charge in [-0.15, -0.1) is 0 Å². The molecule has 0 bridgehead atoms. The van der Waals surface area contributed by atoms with Crippen LogP contribution in [-0.2, 0) is 10.0 Å². The van der Waals surface area contributed by atoms with Gasteiger partial charge in [0.05, 0.1) is 6.10 Å². The van der Waals surface area contributed by atoms with Crippen LogP contribution in [0, 0.1) is 5.82 Å². The number of benzene rings is 1. The number of halogens is 2. The summed E-state index contributed by atoms with van der Waals surface area (Å²) in [5.74, 6) is -0.884. The second kappa shape index (κ2) is 6.47. The number of aliphatic hydroxyl groups excluding tert-OH is 1. The summed E-state index contributed by atoms with van der Waals surface area (Å²) in [4.78, 5) is -0.427. The third-order valence-corrected chi connectivity index (χ3v) is 4.00. The van der Waals surface area contributed by atoms with Crippen molar-refractivity contribution in [3.63, 3.8) is 0 Å². The number of hydrogen-bond acceptors (Lipinski definition) is 3. The Morgan fingerprint density at radius 2 is 2.17 bits per heavy atom. The summed E-state index contributed by atoms with van der Waals surface area (Å²) in [6, 6.07) is 3.38. The lowest BCUT2D eigenvalue weighted by atomic mass is 10.2. The van der Waals surface area contributed by atoms with Gasteiger partial charge in [-0.3, -0.25) is 0 Å². The zero-order valence-electron chi connectivity index (χ0n) is 9.86. The highest BCUT2D eigenvalue weighted by molar-refractivity contribution is 7.89. The molecule has 0 spiro atoms. The molecule has 0 aliphatic rings. The Morgan fingerprint density at radius 3 is 2.72 bits per heavy atom. The fourth-order valence-electron chi connectivity index (χ4n) is 1.37. The highest BCUT2D eigenvalue weighted by Gasteiger charge is 2.18. The van der Waals surface area contributed by atoms with Gasteiger partial charge in [0.15, 0.2) is 0 Å². The molecule has 0 aliphatic heterocycles. The molecular weight excluding hydrogens is 281 g/mol. The summed E-state index contributed by atoms with van der Waals surface area (Å²) in [6.45, 7) is 1.77. The Kier molecular flexibility index (Phi) is 5.52. The van der Waals surface area contributed by atoms with Crippen LogP contribution in [0.1, 0.15) is 19.8 Å². The SMILES string of the molecule is CC(O)CCCNS(=O)(=O)c1ccc(Cl)cc1F. The Labute approximate surface area is 111 Å². The fourth-order valence-corrected chi connectivity index (χ4v) is 2.67. The minimum absolute atomic E-state index is 0.139. The van der Waals surface area contributed by atoms with E-state index in [0.29, 0.717) is 12.8 Å². The molecule has 18 heavy (non-hydrogen) atoms. The monoisotopic (exact) mass is 295 g/mol. The maximum atomic E-state index is 13.4. The average Bonchev–Trinajstić information content (AvgIpc) is 2.23.